The smallest absolute Gasteiger partial charge is 0.178 e. The molecule has 0 fully saturated rings. The van der Waals surface area contributed by atoms with Gasteiger partial charge in [-0.25, -0.2) is 4.98 Å². The predicted molar refractivity (Wildman–Crippen MR) is 57.0 cm³/mol. The van der Waals surface area contributed by atoms with E-state index in [-0.39, 0.29) is 5.92 Å². The Kier molecular flexibility index (Phi) is 3.51. The Morgan fingerprint density at radius 3 is 2.80 bits per heavy atom. The fraction of sp³-hybridized carbons (Fsp3) is 0.400. The van der Waals surface area contributed by atoms with Crippen LogP contribution in [0.1, 0.15) is 25.3 Å². The molecule has 1 aromatic rings. The number of hydrogen-bond donors (Lipinski definition) is 2. The van der Waals surface area contributed by atoms with E-state index in [0.29, 0.717) is 5.15 Å². The maximum Gasteiger partial charge on any atom is 0.178 e. The van der Waals surface area contributed by atoms with Crippen molar-refractivity contribution in [1.82, 2.24) is 10.3 Å². The summed E-state index contributed by atoms with van der Waals surface area (Å²) in [6, 6.07) is 3.42. The number of nitrogens with one attached hydrogen (secondary N) is 1. The molecule has 2 atom stereocenters. The Morgan fingerprint density at radius 2 is 2.33 bits per heavy atom. The van der Waals surface area contributed by atoms with Gasteiger partial charge in [-0.1, -0.05) is 24.6 Å². The molecule has 1 rings (SSSR count). The highest BCUT2D eigenvalue weighted by molar-refractivity contribution is 6.29. The number of rotatable bonds is 3. The van der Waals surface area contributed by atoms with E-state index < -0.39 is 5.72 Å². The largest absolute Gasteiger partial charge is 0.370 e. The van der Waals surface area contributed by atoms with E-state index in [2.05, 4.69) is 10.3 Å². The summed E-state index contributed by atoms with van der Waals surface area (Å²) >= 11 is 5.65. The molecule has 0 radical (unpaired) electrons. The monoisotopic (exact) mass is 225 g/mol. The second kappa shape index (κ2) is 4.47. The third kappa shape index (κ3) is 2.82. The van der Waals surface area contributed by atoms with Crippen LogP contribution in [0.5, 0.6) is 0 Å². The van der Waals surface area contributed by atoms with Crippen molar-refractivity contribution in [2.75, 3.05) is 0 Å². The Morgan fingerprint density at radius 1 is 1.67 bits per heavy atom. The standard InChI is InChI=1S/C10H12ClN3O/c1-7(10(2,15)14-6-12)8-3-4-9(11)13-5-8/h3-5,7,14-15H,1-2H3/t7?,10-/m0/s1. The maximum atomic E-state index is 9.91. The molecule has 0 aromatic carbocycles. The van der Waals surface area contributed by atoms with Gasteiger partial charge in [0, 0.05) is 12.1 Å². The summed E-state index contributed by atoms with van der Waals surface area (Å²) < 4.78 is 0. The lowest BCUT2D eigenvalue weighted by molar-refractivity contribution is 0.0173. The molecule has 0 spiro atoms. The maximum absolute atomic E-state index is 9.91. The van der Waals surface area contributed by atoms with Gasteiger partial charge in [-0.3, -0.25) is 5.32 Å². The summed E-state index contributed by atoms with van der Waals surface area (Å²) in [5.41, 5.74) is -0.475. The third-order valence-corrected chi connectivity index (χ3v) is 2.63. The molecule has 0 aliphatic rings. The predicted octanol–water partition coefficient (Wildman–Crippen LogP) is 1.62. The van der Waals surface area contributed by atoms with Crippen LogP contribution < -0.4 is 5.32 Å². The summed E-state index contributed by atoms with van der Waals surface area (Å²) in [6.45, 7) is 3.34. The highest BCUT2D eigenvalue weighted by Gasteiger charge is 2.29. The summed E-state index contributed by atoms with van der Waals surface area (Å²) in [5, 5.41) is 21.1. The van der Waals surface area contributed by atoms with E-state index in [1.165, 1.54) is 6.92 Å². The van der Waals surface area contributed by atoms with Gasteiger partial charge in [0.15, 0.2) is 6.19 Å². The molecule has 0 saturated heterocycles. The first-order valence-electron chi connectivity index (χ1n) is 4.47. The normalized spacial score (nSPS) is 16.2. The van der Waals surface area contributed by atoms with Gasteiger partial charge in [0.1, 0.15) is 10.9 Å². The highest BCUT2D eigenvalue weighted by atomic mass is 35.5. The zero-order valence-corrected chi connectivity index (χ0v) is 9.28. The van der Waals surface area contributed by atoms with Crippen molar-refractivity contribution in [3.05, 3.63) is 29.0 Å². The summed E-state index contributed by atoms with van der Waals surface area (Å²) in [6.07, 6.45) is 3.31. The molecule has 1 heterocycles. The Hall–Kier alpha value is -1.31. The molecule has 0 bridgehead atoms. The lowest BCUT2D eigenvalue weighted by atomic mass is 9.92. The molecule has 0 aliphatic carbocycles. The number of aromatic nitrogens is 1. The van der Waals surface area contributed by atoms with Crippen LogP contribution in [0.3, 0.4) is 0 Å². The van der Waals surface area contributed by atoms with E-state index in [1.807, 2.05) is 0 Å². The number of nitriles is 1. The van der Waals surface area contributed by atoms with Crippen LogP contribution in [-0.4, -0.2) is 15.8 Å². The topological polar surface area (TPSA) is 68.9 Å². The van der Waals surface area contributed by atoms with E-state index in [9.17, 15) is 5.11 Å². The molecule has 0 amide bonds. The molecule has 5 heteroatoms. The van der Waals surface area contributed by atoms with Crippen molar-refractivity contribution < 1.29 is 5.11 Å². The van der Waals surface area contributed by atoms with Gasteiger partial charge in [0.2, 0.25) is 0 Å². The zero-order valence-electron chi connectivity index (χ0n) is 8.53. The summed E-state index contributed by atoms with van der Waals surface area (Å²) in [5.74, 6) is -0.262. The van der Waals surface area contributed by atoms with Gasteiger partial charge in [-0.15, -0.1) is 0 Å². The van der Waals surface area contributed by atoms with Crippen LogP contribution in [0.4, 0.5) is 0 Å². The first kappa shape index (κ1) is 11.8. The van der Waals surface area contributed by atoms with Crippen molar-refractivity contribution in [2.24, 2.45) is 0 Å². The van der Waals surface area contributed by atoms with E-state index in [4.69, 9.17) is 16.9 Å². The minimum atomic E-state index is -1.29. The van der Waals surface area contributed by atoms with Crippen molar-refractivity contribution in [2.45, 2.75) is 25.5 Å². The Labute approximate surface area is 93.5 Å². The number of nitrogens with zero attached hydrogens (tertiary/aromatic N) is 2. The number of pyridine rings is 1. The number of aliphatic hydroxyl groups is 1. The first-order chi connectivity index (χ1) is 6.97. The van der Waals surface area contributed by atoms with Crippen LogP contribution in [0.2, 0.25) is 5.15 Å². The Bertz CT molecular complexity index is 369. The molecular weight excluding hydrogens is 214 g/mol. The van der Waals surface area contributed by atoms with Crippen molar-refractivity contribution >= 4 is 11.6 Å². The van der Waals surface area contributed by atoms with Gasteiger partial charge in [0.05, 0.1) is 0 Å². The van der Waals surface area contributed by atoms with Gasteiger partial charge >= 0.3 is 0 Å². The van der Waals surface area contributed by atoms with Crippen LogP contribution in [0.15, 0.2) is 18.3 Å². The van der Waals surface area contributed by atoms with Gasteiger partial charge in [-0.05, 0) is 18.6 Å². The number of halogens is 1. The fourth-order valence-corrected chi connectivity index (χ4v) is 1.30. The average molecular weight is 226 g/mol. The van der Waals surface area contributed by atoms with Crippen molar-refractivity contribution in [1.29, 1.82) is 5.26 Å². The summed E-state index contributed by atoms with van der Waals surface area (Å²) in [7, 11) is 0. The average Bonchev–Trinajstić information content (AvgIpc) is 2.18. The zero-order chi connectivity index (χ0) is 11.5. The van der Waals surface area contributed by atoms with Crippen molar-refractivity contribution in [3.8, 4) is 6.19 Å². The van der Waals surface area contributed by atoms with Crippen LogP contribution >= 0.6 is 11.6 Å². The fourth-order valence-electron chi connectivity index (χ4n) is 1.19. The third-order valence-electron chi connectivity index (χ3n) is 2.40. The van der Waals surface area contributed by atoms with E-state index >= 15 is 0 Å². The molecule has 0 saturated carbocycles. The molecule has 2 N–H and O–H groups in total. The molecule has 15 heavy (non-hydrogen) atoms. The molecule has 1 unspecified atom stereocenters. The van der Waals surface area contributed by atoms with Crippen LogP contribution in [0.25, 0.3) is 0 Å². The molecule has 0 aliphatic heterocycles. The first-order valence-corrected chi connectivity index (χ1v) is 4.85. The van der Waals surface area contributed by atoms with Crippen LogP contribution in [0, 0.1) is 11.5 Å². The van der Waals surface area contributed by atoms with Crippen molar-refractivity contribution in [3.63, 3.8) is 0 Å². The Balaban J connectivity index is 2.89. The molecule has 80 valence electrons. The number of hydrogen-bond acceptors (Lipinski definition) is 4. The lowest BCUT2D eigenvalue weighted by Gasteiger charge is -2.28. The lowest BCUT2D eigenvalue weighted by Crippen LogP contribution is -2.43. The summed E-state index contributed by atoms with van der Waals surface area (Å²) in [4.78, 5) is 3.92. The van der Waals surface area contributed by atoms with Crippen LogP contribution in [-0.2, 0) is 0 Å². The SMILES string of the molecule is CC(c1ccc(Cl)nc1)[C@](C)(O)NC#N. The van der Waals surface area contributed by atoms with Gasteiger partial charge in [-0.2, -0.15) is 5.26 Å². The van der Waals surface area contributed by atoms with E-state index in [1.54, 1.807) is 31.4 Å². The second-order valence-corrected chi connectivity index (χ2v) is 3.91. The quantitative estimate of drug-likeness (QED) is 0.355. The highest BCUT2D eigenvalue weighted by Crippen LogP contribution is 2.25. The molecule has 4 nitrogen and oxygen atoms in total. The minimum Gasteiger partial charge on any atom is -0.370 e. The second-order valence-electron chi connectivity index (χ2n) is 3.52. The van der Waals surface area contributed by atoms with E-state index in [0.717, 1.165) is 5.56 Å². The van der Waals surface area contributed by atoms with Gasteiger partial charge < -0.3 is 5.11 Å². The molecule has 1 aromatic heterocycles. The van der Waals surface area contributed by atoms with Gasteiger partial charge in [0.25, 0.3) is 0 Å². The molecular formula is C10H12ClN3O. The minimum absolute atomic E-state index is 0.262.